The molecule has 1 aromatic heterocycles. The topological polar surface area (TPSA) is 95.3 Å². The van der Waals surface area contributed by atoms with Crippen LogP contribution in [0.1, 0.15) is 57.9 Å². The zero-order valence-electron chi connectivity index (χ0n) is 21.1. The predicted molar refractivity (Wildman–Crippen MR) is 136 cm³/mol. The van der Waals surface area contributed by atoms with Gasteiger partial charge in [-0.1, -0.05) is 0 Å². The van der Waals surface area contributed by atoms with Crippen LogP contribution in [0.4, 0.5) is 21.8 Å². The second kappa shape index (κ2) is 10.6. The Balaban J connectivity index is 1.25. The number of hydrogen-bond acceptors (Lipinski definition) is 8. The van der Waals surface area contributed by atoms with Crippen LogP contribution in [0, 0.1) is 23.1 Å². The van der Waals surface area contributed by atoms with Gasteiger partial charge in [-0.2, -0.15) is 10.2 Å². The molecule has 2 N–H and O–H groups in total. The first-order chi connectivity index (χ1) is 17.4. The molecule has 0 amide bonds. The number of hydrogen-bond donors (Lipinski definition) is 2. The van der Waals surface area contributed by atoms with Crippen molar-refractivity contribution in [3.63, 3.8) is 0 Å². The summed E-state index contributed by atoms with van der Waals surface area (Å²) in [5.74, 6) is 1.00. The summed E-state index contributed by atoms with van der Waals surface area (Å²) in [5, 5.41) is 16.1. The van der Waals surface area contributed by atoms with Crippen LogP contribution in [-0.2, 0) is 4.74 Å². The summed E-state index contributed by atoms with van der Waals surface area (Å²) in [6.07, 6.45) is 7.45. The van der Waals surface area contributed by atoms with Crippen molar-refractivity contribution < 1.29 is 13.9 Å². The normalized spacial score (nSPS) is 24.1. The zero-order valence-corrected chi connectivity index (χ0v) is 21.1. The quantitative estimate of drug-likeness (QED) is 0.564. The summed E-state index contributed by atoms with van der Waals surface area (Å²) in [5.41, 5.74) is 1.14. The minimum atomic E-state index is -0.471. The average Bonchev–Trinajstić information content (AvgIpc) is 3.35. The van der Waals surface area contributed by atoms with Crippen LogP contribution in [0.3, 0.4) is 0 Å². The summed E-state index contributed by atoms with van der Waals surface area (Å²) < 4.78 is 26.0. The number of nitrogens with one attached hydrogen (secondary N) is 2. The molecule has 0 aliphatic carbocycles. The highest BCUT2D eigenvalue weighted by Crippen LogP contribution is 2.38. The van der Waals surface area contributed by atoms with Gasteiger partial charge in [-0.3, -0.25) is 4.90 Å². The summed E-state index contributed by atoms with van der Waals surface area (Å²) >= 11 is 0. The lowest BCUT2D eigenvalue weighted by Crippen LogP contribution is -2.55. The highest BCUT2D eigenvalue weighted by molar-refractivity contribution is 5.61. The first-order valence-electron chi connectivity index (χ1n) is 13.0. The molecule has 3 aliphatic heterocycles. The van der Waals surface area contributed by atoms with Crippen LogP contribution < -0.4 is 15.4 Å². The maximum absolute atomic E-state index is 14.6. The van der Waals surface area contributed by atoms with Gasteiger partial charge in [0.25, 0.3) is 0 Å². The summed E-state index contributed by atoms with van der Waals surface area (Å²) in [6.45, 7) is 7.77. The fourth-order valence-corrected chi connectivity index (χ4v) is 5.91. The van der Waals surface area contributed by atoms with Crippen molar-refractivity contribution in [1.82, 2.24) is 14.9 Å². The van der Waals surface area contributed by atoms with Gasteiger partial charge >= 0.3 is 0 Å². The molecule has 4 heterocycles. The number of halogens is 1. The number of anilines is 3. The monoisotopic (exact) mass is 494 g/mol. The first-order valence-corrected chi connectivity index (χ1v) is 13.0. The van der Waals surface area contributed by atoms with E-state index in [-0.39, 0.29) is 23.3 Å². The number of ether oxygens (including phenoxy) is 2. The molecule has 3 saturated heterocycles. The molecule has 192 valence electrons. The van der Waals surface area contributed by atoms with Crippen LogP contribution in [0.15, 0.2) is 24.4 Å². The van der Waals surface area contributed by atoms with Crippen LogP contribution >= 0.6 is 0 Å². The minimum absolute atomic E-state index is 0.0734. The van der Waals surface area contributed by atoms with E-state index in [4.69, 9.17) is 9.47 Å². The molecule has 0 radical (unpaired) electrons. The van der Waals surface area contributed by atoms with E-state index in [1.54, 1.807) is 12.1 Å². The van der Waals surface area contributed by atoms with E-state index in [1.807, 2.05) is 6.07 Å². The molecular formula is C27H35FN6O2. The number of aromatic nitrogens is 2. The van der Waals surface area contributed by atoms with Gasteiger partial charge in [-0.15, -0.1) is 0 Å². The third-order valence-electron chi connectivity index (χ3n) is 7.71. The van der Waals surface area contributed by atoms with Gasteiger partial charge < -0.3 is 20.1 Å². The molecule has 2 atom stereocenters. The molecule has 2 aromatic rings. The number of nitrogens with zero attached hydrogens (tertiary/aromatic N) is 4. The van der Waals surface area contributed by atoms with Gasteiger partial charge in [0.2, 0.25) is 5.95 Å². The lowest BCUT2D eigenvalue weighted by atomic mass is 9.84. The lowest BCUT2D eigenvalue weighted by Gasteiger charge is -2.47. The Hall–Kier alpha value is -2.96. The van der Waals surface area contributed by atoms with Crippen molar-refractivity contribution in [3.05, 3.63) is 35.8 Å². The van der Waals surface area contributed by atoms with E-state index in [9.17, 15) is 9.65 Å². The third-order valence-corrected chi connectivity index (χ3v) is 7.71. The number of fused-ring (bicyclic) bond motifs is 1. The number of benzene rings is 1. The Bertz CT molecular complexity index is 1110. The fraction of sp³-hybridized carbons (Fsp3) is 0.593. The summed E-state index contributed by atoms with van der Waals surface area (Å²) in [6, 6.07) is 8.18. The minimum Gasteiger partial charge on any atom is -0.492 e. The van der Waals surface area contributed by atoms with E-state index >= 15 is 0 Å². The summed E-state index contributed by atoms with van der Waals surface area (Å²) in [4.78, 5) is 11.1. The molecule has 36 heavy (non-hydrogen) atoms. The van der Waals surface area contributed by atoms with Crippen LogP contribution in [0.5, 0.6) is 5.75 Å². The first kappa shape index (κ1) is 24.7. The highest BCUT2D eigenvalue weighted by Gasteiger charge is 2.43. The van der Waals surface area contributed by atoms with Crippen molar-refractivity contribution >= 4 is 17.5 Å². The third kappa shape index (κ3) is 5.55. The number of nitriles is 1. The Morgan fingerprint density at radius 2 is 2.11 bits per heavy atom. The number of piperidine rings is 1. The number of rotatable bonds is 7. The molecule has 0 bridgehead atoms. The second-order valence-electron chi connectivity index (χ2n) is 10.8. The molecule has 8 nitrogen and oxygen atoms in total. The molecule has 3 fully saturated rings. The Kier molecular flexibility index (Phi) is 7.26. The maximum atomic E-state index is 14.6. The van der Waals surface area contributed by atoms with Gasteiger partial charge in [-0.25, -0.2) is 9.37 Å². The van der Waals surface area contributed by atoms with Gasteiger partial charge in [0.1, 0.15) is 11.8 Å². The largest absolute Gasteiger partial charge is 0.492 e. The second-order valence-corrected chi connectivity index (χ2v) is 10.8. The van der Waals surface area contributed by atoms with Crippen molar-refractivity contribution in [3.8, 4) is 11.8 Å². The smallest absolute Gasteiger partial charge is 0.229 e. The molecule has 2 unspecified atom stereocenters. The van der Waals surface area contributed by atoms with Gasteiger partial charge in [0.05, 0.1) is 18.4 Å². The van der Waals surface area contributed by atoms with E-state index in [2.05, 4.69) is 45.4 Å². The van der Waals surface area contributed by atoms with Crippen LogP contribution in [-0.4, -0.2) is 58.9 Å². The lowest BCUT2D eigenvalue weighted by molar-refractivity contribution is 0.0497. The maximum Gasteiger partial charge on any atom is 0.229 e. The molecule has 5 rings (SSSR count). The van der Waals surface area contributed by atoms with E-state index in [0.717, 1.165) is 45.4 Å². The Morgan fingerprint density at radius 3 is 2.92 bits per heavy atom. The van der Waals surface area contributed by atoms with E-state index in [0.29, 0.717) is 35.6 Å². The zero-order chi connectivity index (χ0) is 25.1. The molecule has 1 aromatic carbocycles. The molecule has 9 heteroatoms. The van der Waals surface area contributed by atoms with Crippen molar-refractivity contribution in [2.45, 2.75) is 70.0 Å². The van der Waals surface area contributed by atoms with Gasteiger partial charge in [0.15, 0.2) is 11.6 Å². The standard InChI is InChI=1S/C27H35FN6O2/c1-27(2)14-21(13-22-4-3-9-34(22)27)31-25-23(28)16-30-26(33-25)32-20-5-6-24(19(12-20)15-29)36-17-18-7-10-35-11-8-18/h5-6,12,16,18,21-22H,3-4,7-11,13-14,17H2,1-2H3,(H2,30,31,32,33). The van der Waals surface area contributed by atoms with E-state index in [1.165, 1.54) is 19.0 Å². The van der Waals surface area contributed by atoms with Crippen molar-refractivity contribution in [2.75, 3.05) is 37.0 Å². The van der Waals surface area contributed by atoms with Crippen molar-refractivity contribution in [1.29, 1.82) is 5.26 Å². The average molecular weight is 495 g/mol. The van der Waals surface area contributed by atoms with Gasteiger partial charge in [0, 0.05) is 36.5 Å². The van der Waals surface area contributed by atoms with Gasteiger partial charge in [-0.05, 0) is 83.0 Å². The SMILES string of the molecule is CC1(C)CC(Nc2nc(Nc3ccc(OCC4CCOCC4)c(C#N)c3)ncc2F)CC2CCCN21. The van der Waals surface area contributed by atoms with Crippen LogP contribution in [0.25, 0.3) is 0 Å². The highest BCUT2D eigenvalue weighted by atomic mass is 19.1. The van der Waals surface area contributed by atoms with Crippen molar-refractivity contribution in [2.24, 2.45) is 5.92 Å². The fourth-order valence-electron chi connectivity index (χ4n) is 5.91. The summed E-state index contributed by atoms with van der Waals surface area (Å²) in [7, 11) is 0. The van der Waals surface area contributed by atoms with E-state index < -0.39 is 5.82 Å². The Labute approximate surface area is 212 Å². The Morgan fingerprint density at radius 1 is 1.28 bits per heavy atom. The molecule has 3 aliphatic rings. The molecular weight excluding hydrogens is 459 g/mol. The molecule has 0 spiro atoms. The molecule has 0 saturated carbocycles. The van der Waals surface area contributed by atoms with Crippen LogP contribution in [0.2, 0.25) is 0 Å². The predicted octanol–water partition coefficient (Wildman–Crippen LogP) is 4.85.